The molecule has 0 spiro atoms. The van der Waals surface area contributed by atoms with Gasteiger partial charge in [0.25, 0.3) is 0 Å². The first-order valence-corrected chi connectivity index (χ1v) is 8.13. The monoisotopic (exact) mass is 325 g/mol. The van der Waals surface area contributed by atoms with Gasteiger partial charge in [-0.1, -0.05) is 48.0 Å². The van der Waals surface area contributed by atoms with E-state index in [4.69, 9.17) is 4.74 Å². The minimum absolute atomic E-state index is 0.0248. The van der Waals surface area contributed by atoms with Gasteiger partial charge in [-0.25, -0.2) is 5.43 Å². The molecular formula is C19H23N3O2. The van der Waals surface area contributed by atoms with E-state index >= 15 is 0 Å². The topological polar surface area (TPSA) is 62.4 Å². The molecule has 0 saturated carbocycles. The van der Waals surface area contributed by atoms with Gasteiger partial charge in [-0.15, -0.1) is 0 Å². The zero-order valence-corrected chi connectivity index (χ0v) is 14.0. The van der Waals surface area contributed by atoms with Gasteiger partial charge < -0.3 is 10.1 Å². The van der Waals surface area contributed by atoms with Crippen molar-refractivity contribution in [2.24, 2.45) is 5.92 Å². The third-order valence-electron chi connectivity index (χ3n) is 4.40. The Labute approximate surface area is 142 Å². The van der Waals surface area contributed by atoms with Crippen molar-refractivity contribution in [1.29, 1.82) is 0 Å². The van der Waals surface area contributed by atoms with E-state index in [1.165, 1.54) is 5.56 Å². The van der Waals surface area contributed by atoms with Crippen molar-refractivity contribution in [3.8, 4) is 5.75 Å². The molecule has 5 nitrogen and oxygen atoms in total. The van der Waals surface area contributed by atoms with Crippen molar-refractivity contribution in [2.75, 3.05) is 13.7 Å². The number of para-hydroxylation sites is 1. The fourth-order valence-corrected chi connectivity index (χ4v) is 2.99. The van der Waals surface area contributed by atoms with Crippen LogP contribution in [0.25, 0.3) is 0 Å². The smallest absolute Gasteiger partial charge is 0.226 e. The molecule has 1 amide bonds. The lowest BCUT2D eigenvalue weighted by Crippen LogP contribution is -2.34. The van der Waals surface area contributed by atoms with Gasteiger partial charge in [0.1, 0.15) is 5.75 Å². The Morgan fingerprint density at radius 1 is 1.21 bits per heavy atom. The van der Waals surface area contributed by atoms with E-state index in [1.807, 2.05) is 24.3 Å². The Bertz CT molecular complexity index is 700. The zero-order chi connectivity index (χ0) is 16.9. The van der Waals surface area contributed by atoms with Crippen LogP contribution in [0.15, 0.2) is 48.5 Å². The van der Waals surface area contributed by atoms with Crippen molar-refractivity contribution in [3.63, 3.8) is 0 Å². The summed E-state index contributed by atoms with van der Waals surface area (Å²) >= 11 is 0. The highest BCUT2D eigenvalue weighted by molar-refractivity contribution is 5.80. The third-order valence-corrected chi connectivity index (χ3v) is 4.40. The van der Waals surface area contributed by atoms with Gasteiger partial charge in [0.2, 0.25) is 5.91 Å². The first kappa shape index (κ1) is 16.5. The number of carbonyl (C=O) groups is 1. The van der Waals surface area contributed by atoms with Crippen LogP contribution in [0.3, 0.4) is 0 Å². The first-order valence-electron chi connectivity index (χ1n) is 8.13. The van der Waals surface area contributed by atoms with E-state index < -0.39 is 0 Å². The number of hydrazine groups is 1. The summed E-state index contributed by atoms with van der Waals surface area (Å²) in [6, 6.07) is 16.0. The van der Waals surface area contributed by atoms with Crippen LogP contribution in [0.5, 0.6) is 5.75 Å². The molecule has 0 aliphatic carbocycles. The minimum Gasteiger partial charge on any atom is -0.496 e. The number of hydrogen-bond acceptors (Lipinski definition) is 4. The van der Waals surface area contributed by atoms with Crippen molar-refractivity contribution in [1.82, 2.24) is 16.2 Å². The van der Waals surface area contributed by atoms with Gasteiger partial charge in [-0.3, -0.25) is 10.2 Å². The summed E-state index contributed by atoms with van der Waals surface area (Å²) in [5.41, 5.74) is 9.61. The normalized spacial score (nSPS) is 19.9. The van der Waals surface area contributed by atoms with E-state index in [0.29, 0.717) is 13.1 Å². The average molecular weight is 325 g/mol. The molecule has 0 radical (unpaired) electrons. The molecule has 3 rings (SSSR count). The lowest BCUT2D eigenvalue weighted by molar-refractivity contribution is -0.125. The maximum absolute atomic E-state index is 12.6. The predicted octanol–water partition coefficient (Wildman–Crippen LogP) is 2.09. The molecule has 0 aromatic heterocycles. The average Bonchev–Trinajstić information content (AvgIpc) is 3.10. The highest BCUT2D eigenvalue weighted by Crippen LogP contribution is 2.25. The van der Waals surface area contributed by atoms with Crippen LogP contribution in [0.2, 0.25) is 0 Å². The van der Waals surface area contributed by atoms with Gasteiger partial charge in [0.15, 0.2) is 0 Å². The molecule has 2 unspecified atom stereocenters. The molecule has 1 aliphatic heterocycles. The van der Waals surface area contributed by atoms with Crippen molar-refractivity contribution in [2.45, 2.75) is 19.5 Å². The molecule has 1 heterocycles. The number of aryl methyl sites for hydroxylation is 1. The first-order chi connectivity index (χ1) is 11.7. The third kappa shape index (κ3) is 3.58. The van der Waals surface area contributed by atoms with Crippen molar-refractivity contribution < 1.29 is 9.53 Å². The van der Waals surface area contributed by atoms with E-state index in [-0.39, 0.29) is 17.9 Å². The van der Waals surface area contributed by atoms with Gasteiger partial charge in [-0.2, -0.15) is 0 Å². The number of hydrogen-bond donors (Lipinski definition) is 3. The second-order valence-corrected chi connectivity index (χ2v) is 6.05. The Kier molecular flexibility index (Phi) is 5.13. The fourth-order valence-electron chi connectivity index (χ4n) is 2.99. The molecular weight excluding hydrogens is 302 g/mol. The number of carbonyl (C=O) groups excluding carboxylic acids is 1. The molecule has 0 bridgehead atoms. The SMILES string of the molecule is COc1ccccc1CNC(=O)C1CNNC1c1ccc(C)cc1. The molecule has 126 valence electrons. The fraction of sp³-hybridized carbons (Fsp3) is 0.316. The molecule has 2 atom stereocenters. The van der Waals surface area contributed by atoms with Gasteiger partial charge in [-0.05, 0) is 18.6 Å². The maximum Gasteiger partial charge on any atom is 0.226 e. The van der Waals surface area contributed by atoms with Crippen LogP contribution in [0, 0.1) is 12.8 Å². The number of methoxy groups -OCH3 is 1. The summed E-state index contributed by atoms with van der Waals surface area (Å²) < 4.78 is 5.33. The minimum atomic E-state index is -0.151. The molecule has 5 heteroatoms. The van der Waals surface area contributed by atoms with E-state index in [2.05, 4.69) is 47.4 Å². The Morgan fingerprint density at radius 2 is 1.96 bits per heavy atom. The highest BCUT2D eigenvalue weighted by Gasteiger charge is 2.33. The van der Waals surface area contributed by atoms with Gasteiger partial charge in [0.05, 0.1) is 19.1 Å². The number of nitrogens with one attached hydrogen (secondary N) is 3. The summed E-state index contributed by atoms with van der Waals surface area (Å²) in [7, 11) is 1.64. The molecule has 2 aromatic rings. The van der Waals surface area contributed by atoms with E-state index in [9.17, 15) is 4.79 Å². The number of ether oxygens (including phenoxy) is 1. The number of benzene rings is 2. The lowest BCUT2D eigenvalue weighted by Gasteiger charge is -2.19. The molecule has 1 saturated heterocycles. The summed E-state index contributed by atoms with van der Waals surface area (Å²) in [6.45, 7) is 3.12. The van der Waals surface area contributed by atoms with Gasteiger partial charge in [0, 0.05) is 18.7 Å². The largest absolute Gasteiger partial charge is 0.496 e. The molecule has 3 N–H and O–H groups in total. The van der Waals surface area contributed by atoms with Crippen LogP contribution in [-0.2, 0) is 11.3 Å². The van der Waals surface area contributed by atoms with E-state index in [1.54, 1.807) is 7.11 Å². The van der Waals surface area contributed by atoms with Crippen LogP contribution >= 0.6 is 0 Å². The van der Waals surface area contributed by atoms with Crippen LogP contribution < -0.4 is 20.9 Å². The standard InChI is InChI=1S/C19H23N3O2/c1-13-7-9-14(10-8-13)18-16(12-21-22-18)19(23)20-11-15-5-3-4-6-17(15)24-2/h3-10,16,18,21-22H,11-12H2,1-2H3,(H,20,23). The quantitative estimate of drug-likeness (QED) is 0.788. The molecule has 1 fully saturated rings. The van der Waals surface area contributed by atoms with Crippen molar-refractivity contribution in [3.05, 3.63) is 65.2 Å². The van der Waals surface area contributed by atoms with Crippen molar-refractivity contribution >= 4 is 5.91 Å². The number of rotatable bonds is 5. The van der Waals surface area contributed by atoms with Crippen LogP contribution in [0.4, 0.5) is 0 Å². The Hall–Kier alpha value is -2.37. The van der Waals surface area contributed by atoms with Gasteiger partial charge >= 0.3 is 0 Å². The summed E-state index contributed by atoms with van der Waals surface area (Å²) in [5, 5.41) is 3.03. The van der Waals surface area contributed by atoms with Crippen LogP contribution in [-0.4, -0.2) is 19.6 Å². The maximum atomic E-state index is 12.6. The molecule has 2 aromatic carbocycles. The second-order valence-electron chi connectivity index (χ2n) is 6.05. The Morgan fingerprint density at radius 3 is 2.71 bits per heavy atom. The zero-order valence-electron chi connectivity index (χ0n) is 14.0. The highest BCUT2D eigenvalue weighted by atomic mass is 16.5. The number of amides is 1. The predicted molar refractivity (Wildman–Crippen MR) is 93.4 cm³/mol. The molecule has 1 aliphatic rings. The molecule has 24 heavy (non-hydrogen) atoms. The van der Waals surface area contributed by atoms with Crippen LogP contribution in [0.1, 0.15) is 22.7 Å². The second kappa shape index (κ2) is 7.47. The van der Waals surface area contributed by atoms with E-state index in [0.717, 1.165) is 16.9 Å². The summed E-state index contributed by atoms with van der Waals surface area (Å²) in [6.07, 6.45) is 0. The Balaban J connectivity index is 1.66. The summed E-state index contributed by atoms with van der Waals surface area (Å²) in [5.74, 6) is 0.668. The lowest BCUT2D eigenvalue weighted by atomic mass is 9.93. The summed E-state index contributed by atoms with van der Waals surface area (Å²) in [4.78, 5) is 12.6.